The van der Waals surface area contributed by atoms with E-state index >= 15 is 0 Å². The molecule has 3 rings (SSSR count). The summed E-state index contributed by atoms with van der Waals surface area (Å²) >= 11 is 3.51. The molecule has 0 spiro atoms. The van der Waals surface area contributed by atoms with E-state index in [1.54, 1.807) is 0 Å². The molecule has 0 bridgehead atoms. The van der Waals surface area contributed by atoms with E-state index in [4.69, 9.17) is 5.73 Å². The van der Waals surface area contributed by atoms with E-state index in [0.717, 1.165) is 32.0 Å². The number of hydrogen-bond acceptors (Lipinski definition) is 2. The van der Waals surface area contributed by atoms with Gasteiger partial charge in [-0.3, -0.25) is 0 Å². The van der Waals surface area contributed by atoms with Gasteiger partial charge in [-0.1, -0.05) is 12.1 Å². The Labute approximate surface area is 101 Å². The fourth-order valence-corrected chi connectivity index (χ4v) is 2.32. The van der Waals surface area contributed by atoms with Crippen LogP contribution >= 0.6 is 15.9 Å². The lowest BCUT2D eigenvalue weighted by molar-refractivity contribution is 1.48. The molecule has 3 heteroatoms. The zero-order valence-electron chi connectivity index (χ0n) is 8.44. The molecule has 1 heterocycles. The Morgan fingerprint density at radius 3 is 2.75 bits per heavy atom. The highest BCUT2D eigenvalue weighted by Crippen LogP contribution is 2.26. The summed E-state index contributed by atoms with van der Waals surface area (Å²) in [7, 11) is 0. The summed E-state index contributed by atoms with van der Waals surface area (Å²) in [6, 6.07) is 13.9. The number of fused-ring (bicyclic) bond motifs is 2. The molecule has 2 nitrogen and oxygen atoms in total. The van der Waals surface area contributed by atoms with Gasteiger partial charge >= 0.3 is 0 Å². The second kappa shape index (κ2) is 3.46. The number of pyridine rings is 1. The van der Waals surface area contributed by atoms with Crippen LogP contribution < -0.4 is 5.73 Å². The van der Waals surface area contributed by atoms with Crippen LogP contribution in [0.4, 0.5) is 5.69 Å². The number of anilines is 1. The van der Waals surface area contributed by atoms with Crippen molar-refractivity contribution in [2.45, 2.75) is 0 Å². The molecule has 0 saturated heterocycles. The van der Waals surface area contributed by atoms with E-state index < -0.39 is 0 Å². The number of nitrogen functional groups attached to an aromatic ring is 1. The first-order chi connectivity index (χ1) is 7.74. The van der Waals surface area contributed by atoms with Crippen molar-refractivity contribution in [3.05, 3.63) is 46.9 Å². The molecule has 16 heavy (non-hydrogen) atoms. The van der Waals surface area contributed by atoms with Gasteiger partial charge in [0.25, 0.3) is 0 Å². The monoisotopic (exact) mass is 272 g/mol. The Balaban J connectivity index is 2.49. The highest BCUT2D eigenvalue weighted by atomic mass is 79.9. The molecule has 0 aliphatic carbocycles. The highest BCUT2D eigenvalue weighted by Gasteiger charge is 2.02. The van der Waals surface area contributed by atoms with Gasteiger partial charge in [0.15, 0.2) is 0 Å². The molecular formula is C13H9BrN2. The fourth-order valence-electron chi connectivity index (χ4n) is 1.84. The van der Waals surface area contributed by atoms with Gasteiger partial charge in [-0.2, -0.15) is 0 Å². The summed E-state index contributed by atoms with van der Waals surface area (Å²) in [6.45, 7) is 0. The van der Waals surface area contributed by atoms with Crippen LogP contribution in [0.2, 0.25) is 0 Å². The Morgan fingerprint density at radius 2 is 1.88 bits per heavy atom. The average molecular weight is 273 g/mol. The van der Waals surface area contributed by atoms with E-state index in [9.17, 15) is 0 Å². The minimum Gasteiger partial charge on any atom is -0.399 e. The summed E-state index contributed by atoms with van der Waals surface area (Å²) in [5, 5.41) is 2.19. The maximum absolute atomic E-state index is 5.76. The largest absolute Gasteiger partial charge is 0.399 e. The van der Waals surface area contributed by atoms with E-state index in [2.05, 4.69) is 33.0 Å². The molecule has 2 N–H and O–H groups in total. The zero-order chi connectivity index (χ0) is 11.1. The van der Waals surface area contributed by atoms with Gasteiger partial charge in [0.2, 0.25) is 0 Å². The van der Waals surface area contributed by atoms with Gasteiger partial charge < -0.3 is 5.73 Å². The standard InChI is InChI=1S/C13H9BrN2/c14-11-3-1-2-8-6-9-7-10(15)4-5-12(9)16-13(8)11/h1-7H,15H2. The molecule has 0 atom stereocenters. The predicted molar refractivity (Wildman–Crippen MR) is 71.4 cm³/mol. The third-order valence-electron chi connectivity index (χ3n) is 2.61. The molecule has 0 fully saturated rings. The van der Waals surface area contributed by atoms with Crippen LogP contribution in [0.1, 0.15) is 0 Å². The summed E-state index contributed by atoms with van der Waals surface area (Å²) < 4.78 is 1.02. The predicted octanol–water partition coefficient (Wildman–Crippen LogP) is 3.73. The summed E-state index contributed by atoms with van der Waals surface area (Å²) in [5.74, 6) is 0. The van der Waals surface area contributed by atoms with Gasteiger partial charge in [-0.05, 0) is 46.3 Å². The second-order valence-electron chi connectivity index (χ2n) is 3.75. The van der Waals surface area contributed by atoms with Crippen LogP contribution in [-0.4, -0.2) is 4.98 Å². The van der Waals surface area contributed by atoms with Gasteiger partial charge in [0.05, 0.1) is 11.0 Å². The van der Waals surface area contributed by atoms with Crippen molar-refractivity contribution in [3.63, 3.8) is 0 Å². The van der Waals surface area contributed by atoms with Crippen LogP contribution in [0.25, 0.3) is 21.8 Å². The van der Waals surface area contributed by atoms with Gasteiger partial charge in [-0.15, -0.1) is 0 Å². The Morgan fingerprint density at radius 1 is 1.00 bits per heavy atom. The molecule has 0 amide bonds. The van der Waals surface area contributed by atoms with Crippen molar-refractivity contribution >= 4 is 43.4 Å². The first kappa shape index (κ1) is 9.60. The normalized spacial score (nSPS) is 11.1. The highest BCUT2D eigenvalue weighted by molar-refractivity contribution is 9.10. The van der Waals surface area contributed by atoms with Crippen LogP contribution in [0, 0.1) is 0 Å². The first-order valence-electron chi connectivity index (χ1n) is 4.98. The van der Waals surface area contributed by atoms with Crippen molar-refractivity contribution in [3.8, 4) is 0 Å². The molecule has 0 aliphatic rings. The topological polar surface area (TPSA) is 38.9 Å². The van der Waals surface area contributed by atoms with Crippen molar-refractivity contribution < 1.29 is 0 Å². The number of rotatable bonds is 0. The minimum atomic E-state index is 0.767. The lowest BCUT2D eigenvalue weighted by Gasteiger charge is -2.03. The summed E-state index contributed by atoms with van der Waals surface area (Å²) in [4.78, 5) is 4.62. The van der Waals surface area contributed by atoms with Crippen LogP contribution in [0.3, 0.4) is 0 Å². The number of aromatic nitrogens is 1. The Hall–Kier alpha value is -1.61. The molecule has 3 aromatic rings. The number of nitrogens with two attached hydrogens (primary N) is 1. The third-order valence-corrected chi connectivity index (χ3v) is 3.25. The van der Waals surface area contributed by atoms with Gasteiger partial charge in [0, 0.05) is 20.9 Å². The van der Waals surface area contributed by atoms with Crippen molar-refractivity contribution in [1.29, 1.82) is 0 Å². The molecule has 0 saturated carbocycles. The van der Waals surface area contributed by atoms with Crippen molar-refractivity contribution in [2.75, 3.05) is 5.73 Å². The minimum absolute atomic E-state index is 0.767. The van der Waals surface area contributed by atoms with E-state index in [0.29, 0.717) is 0 Å². The average Bonchev–Trinajstić information content (AvgIpc) is 2.27. The number of para-hydroxylation sites is 1. The lowest BCUT2D eigenvalue weighted by Crippen LogP contribution is -1.87. The summed E-state index contributed by atoms with van der Waals surface area (Å²) in [6.07, 6.45) is 0. The van der Waals surface area contributed by atoms with Crippen molar-refractivity contribution in [1.82, 2.24) is 4.98 Å². The molecular weight excluding hydrogens is 264 g/mol. The van der Waals surface area contributed by atoms with E-state index in [1.807, 2.05) is 30.3 Å². The number of nitrogens with zero attached hydrogens (tertiary/aromatic N) is 1. The molecule has 2 aromatic carbocycles. The number of hydrogen-bond donors (Lipinski definition) is 1. The maximum Gasteiger partial charge on any atom is 0.0851 e. The molecule has 0 unspecified atom stereocenters. The number of benzene rings is 2. The smallest absolute Gasteiger partial charge is 0.0851 e. The second-order valence-corrected chi connectivity index (χ2v) is 4.61. The maximum atomic E-state index is 5.76. The lowest BCUT2D eigenvalue weighted by atomic mass is 10.1. The molecule has 1 aromatic heterocycles. The van der Waals surface area contributed by atoms with Crippen molar-refractivity contribution in [2.24, 2.45) is 0 Å². The molecule has 78 valence electrons. The van der Waals surface area contributed by atoms with E-state index in [-0.39, 0.29) is 0 Å². The zero-order valence-corrected chi connectivity index (χ0v) is 10.0. The van der Waals surface area contributed by atoms with Gasteiger partial charge in [0.1, 0.15) is 0 Å². The first-order valence-corrected chi connectivity index (χ1v) is 5.78. The Kier molecular flexibility index (Phi) is 2.07. The van der Waals surface area contributed by atoms with E-state index in [1.165, 1.54) is 0 Å². The quantitative estimate of drug-likeness (QED) is 0.500. The molecule has 0 aliphatic heterocycles. The SMILES string of the molecule is Nc1ccc2nc3c(Br)cccc3cc2c1. The summed E-state index contributed by atoms with van der Waals surface area (Å²) in [5.41, 5.74) is 8.48. The molecule has 0 radical (unpaired) electrons. The van der Waals surface area contributed by atoms with Crippen LogP contribution in [0.5, 0.6) is 0 Å². The van der Waals surface area contributed by atoms with Crippen LogP contribution in [0.15, 0.2) is 46.9 Å². The Bertz CT molecular complexity index is 691. The number of halogens is 1. The fraction of sp³-hybridized carbons (Fsp3) is 0. The third kappa shape index (κ3) is 1.44. The van der Waals surface area contributed by atoms with Crippen LogP contribution in [-0.2, 0) is 0 Å². The van der Waals surface area contributed by atoms with Gasteiger partial charge in [-0.25, -0.2) is 4.98 Å².